The second-order valence-electron chi connectivity index (χ2n) is 6.43. The predicted octanol–water partition coefficient (Wildman–Crippen LogP) is 3.25. The van der Waals surface area contributed by atoms with Crippen LogP contribution in [0.2, 0.25) is 0 Å². The first kappa shape index (κ1) is 14.9. The van der Waals surface area contributed by atoms with Crippen molar-refractivity contribution in [1.82, 2.24) is 0 Å². The second-order valence-corrected chi connectivity index (χ2v) is 6.43. The highest BCUT2D eigenvalue weighted by Gasteiger charge is 2.61. The van der Waals surface area contributed by atoms with E-state index in [4.69, 9.17) is 13.9 Å². The van der Waals surface area contributed by atoms with Crippen molar-refractivity contribution in [1.29, 1.82) is 0 Å². The third kappa shape index (κ3) is 1.77. The third-order valence-corrected chi connectivity index (χ3v) is 5.06. The van der Waals surface area contributed by atoms with Gasteiger partial charge >= 0.3 is 11.9 Å². The molecule has 0 spiro atoms. The first-order valence-corrected chi connectivity index (χ1v) is 7.40. The number of carbonyl (C=O) groups excluding carboxylic acids is 2. The molecule has 3 rings (SSSR count). The van der Waals surface area contributed by atoms with Crippen molar-refractivity contribution in [2.45, 2.75) is 39.9 Å². The number of hydrogen-bond acceptors (Lipinski definition) is 5. The maximum atomic E-state index is 12.1. The Bertz CT molecular complexity index is 658. The minimum atomic E-state index is -0.640. The zero-order valence-corrected chi connectivity index (χ0v) is 13.2. The molecule has 5 nitrogen and oxygen atoms in total. The number of ether oxygens (including phenoxy) is 2. The lowest BCUT2D eigenvalue weighted by Gasteiger charge is -2.44. The average molecular weight is 304 g/mol. The van der Waals surface area contributed by atoms with Gasteiger partial charge in [0.05, 0.1) is 12.2 Å². The Kier molecular flexibility index (Phi) is 3.20. The quantitative estimate of drug-likeness (QED) is 0.620. The van der Waals surface area contributed by atoms with Crippen molar-refractivity contribution >= 4 is 11.9 Å². The average Bonchev–Trinajstić information content (AvgIpc) is 2.96. The van der Waals surface area contributed by atoms with E-state index in [1.807, 2.05) is 20.8 Å². The van der Waals surface area contributed by atoms with E-state index in [2.05, 4.69) is 6.58 Å². The lowest BCUT2D eigenvalue weighted by molar-refractivity contribution is -0.160. The maximum Gasteiger partial charge on any atom is 0.309 e. The Hall–Kier alpha value is -2.04. The summed E-state index contributed by atoms with van der Waals surface area (Å²) in [7, 11) is 0. The molecule has 0 amide bonds. The van der Waals surface area contributed by atoms with Gasteiger partial charge < -0.3 is 13.9 Å². The molecule has 22 heavy (non-hydrogen) atoms. The fourth-order valence-electron chi connectivity index (χ4n) is 3.91. The minimum absolute atomic E-state index is 0.148. The lowest BCUT2D eigenvalue weighted by Crippen LogP contribution is -2.42. The van der Waals surface area contributed by atoms with Crippen molar-refractivity contribution in [3.8, 4) is 0 Å². The molecule has 0 unspecified atom stereocenters. The van der Waals surface area contributed by atoms with E-state index in [0.717, 1.165) is 11.1 Å². The van der Waals surface area contributed by atoms with Crippen LogP contribution in [0.25, 0.3) is 0 Å². The van der Waals surface area contributed by atoms with E-state index in [9.17, 15) is 9.59 Å². The van der Waals surface area contributed by atoms with Gasteiger partial charge in [0.2, 0.25) is 0 Å². The summed E-state index contributed by atoms with van der Waals surface area (Å²) in [6.45, 7) is 11.0. The van der Waals surface area contributed by atoms with Crippen LogP contribution in [0.5, 0.6) is 0 Å². The van der Waals surface area contributed by atoms with Crippen molar-refractivity contribution in [2.75, 3.05) is 0 Å². The number of hydrogen-bond donors (Lipinski definition) is 0. The van der Waals surface area contributed by atoms with Gasteiger partial charge in [-0.3, -0.25) is 9.59 Å². The van der Waals surface area contributed by atoms with Crippen LogP contribution in [0.4, 0.5) is 0 Å². The molecule has 118 valence electrons. The molecule has 2 heterocycles. The van der Waals surface area contributed by atoms with E-state index in [0.29, 0.717) is 5.76 Å². The Balaban J connectivity index is 2.23. The second kappa shape index (κ2) is 4.73. The van der Waals surface area contributed by atoms with Crippen LogP contribution in [-0.4, -0.2) is 11.9 Å². The molecule has 0 saturated carbocycles. The number of carbonyl (C=O) groups is 2. The number of fused-ring (bicyclic) bond motifs is 3. The minimum Gasteiger partial charge on any atom is -0.465 e. The van der Waals surface area contributed by atoms with Crippen molar-refractivity contribution in [3.05, 3.63) is 35.8 Å². The zero-order chi connectivity index (χ0) is 16.2. The Labute approximate surface area is 129 Å². The molecule has 1 aliphatic carbocycles. The van der Waals surface area contributed by atoms with E-state index >= 15 is 0 Å². The molecule has 1 aromatic heterocycles. The van der Waals surface area contributed by atoms with Gasteiger partial charge in [-0.1, -0.05) is 19.9 Å². The summed E-state index contributed by atoms with van der Waals surface area (Å²) in [5.41, 5.74) is 1.09. The molecule has 0 N–H and O–H groups in total. The lowest BCUT2D eigenvalue weighted by atomic mass is 9.61. The van der Waals surface area contributed by atoms with Gasteiger partial charge in [0.1, 0.15) is 6.10 Å². The van der Waals surface area contributed by atoms with Crippen LogP contribution < -0.4 is 0 Å². The molecule has 1 aliphatic heterocycles. The largest absolute Gasteiger partial charge is 0.465 e. The molecule has 2 aliphatic rings. The third-order valence-electron chi connectivity index (χ3n) is 5.06. The SMILES string of the molecule is C=C[C@]1(C)[C@@H]2[C@@H](C)C(=O)O[C@H]2c2c(C)coc2[C@H]1OC(C)=O. The highest BCUT2D eigenvalue weighted by atomic mass is 16.6. The topological polar surface area (TPSA) is 65.7 Å². The zero-order valence-electron chi connectivity index (χ0n) is 13.2. The summed E-state index contributed by atoms with van der Waals surface area (Å²) in [6, 6.07) is 0. The number of furan rings is 1. The van der Waals surface area contributed by atoms with Crippen LogP contribution in [0.3, 0.4) is 0 Å². The summed E-state index contributed by atoms with van der Waals surface area (Å²) < 4.78 is 16.8. The molecule has 0 bridgehead atoms. The smallest absolute Gasteiger partial charge is 0.309 e. The molecule has 1 aromatic rings. The number of esters is 2. The summed E-state index contributed by atoms with van der Waals surface area (Å²) in [5.74, 6) is -0.523. The van der Waals surface area contributed by atoms with Gasteiger partial charge in [-0.2, -0.15) is 0 Å². The fraction of sp³-hybridized carbons (Fsp3) is 0.529. The summed E-state index contributed by atoms with van der Waals surface area (Å²) in [6.07, 6.45) is 2.37. The van der Waals surface area contributed by atoms with E-state index in [1.165, 1.54) is 6.92 Å². The standard InChI is InChI=1S/C17H20O5/c1-6-17(5)12-9(3)16(19)22-13(12)11-8(2)7-20-14(11)15(17)21-10(4)18/h6-7,9,12-13,15H,1H2,2-5H3/t9-,12-,13+,15-,17-/m1/s1. The monoisotopic (exact) mass is 304 g/mol. The van der Waals surface area contributed by atoms with Crippen molar-refractivity contribution in [3.63, 3.8) is 0 Å². The first-order chi connectivity index (χ1) is 10.3. The molecular formula is C17H20O5. The summed E-state index contributed by atoms with van der Waals surface area (Å²) >= 11 is 0. The van der Waals surface area contributed by atoms with Crippen LogP contribution in [0.1, 0.15) is 49.9 Å². The van der Waals surface area contributed by atoms with Gasteiger partial charge in [-0.25, -0.2) is 0 Å². The van der Waals surface area contributed by atoms with E-state index in [-0.39, 0.29) is 23.9 Å². The highest BCUT2D eigenvalue weighted by molar-refractivity contribution is 5.76. The molecule has 0 aromatic carbocycles. The van der Waals surface area contributed by atoms with Crippen LogP contribution in [-0.2, 0) is 19.1 Å². The highest BCUT2D eigenvalue weighted by Crippen LogP contribution is 2.61. The summed E-state index contributed by atoms with van der Waals surface area (Å²) in [4.78, 5) is 23.7. The van der Waals surface area contributed by atoms with Crippen LogP contribution >= 0.6 is 0 Å². The molecular weight excluding hydrogens is 284 g/mol. The first-order valence-electron chi connectivity index (χ1n) is 7.40. The molecule has 1 fully saturated rings. The van der Waals surface area contributed by atoms with Gasteiger partial charge in [0, 0.05) is 23.8 Å². The number of aryl methyl sites for hydroxylation is 1. The van der Waals surface area contributed by atoms with Crippen molar-refractivity contribution < 1.29 is 23.5 Å². The molecule has 1 saturated heterocycles. The van der Waals surface area contributed by atoms with Gasteiger partial charge in [0.25, 0.3) is 0 Å². The van der Waals surface area contributed by atoms with Gasteiger partial charge in [-0.05, 0) is 12.5 Å². The number of rotatable bonds is 2. The Morgan fingerprint density at radius 3 is 2.77 bits per heavy atom. The maximum absolute atomic E-state index is 12.1. The van der Waals surface area contributed by atoms with Crippen molar-refractivity contribution in [2.24, 2.45) is 17.3 Å². The van der Waals surface area contributed by atoms with Crippen LogP contribution in [0.15, 0.2) is 23.3 Å². The summed E-state index contributed by atoms with van der Waals surface area (Å²) in [5, 5.41) is 0. The normalized spacial score (nSPS) is 36.3. The van der Waals surface area contributed by atoms with Gasteiger partial charge in [-0.15, -0.1) is 6.58 Å². The van der Waals surface area contributed by atoms with E-state index in [1.54, 1.807) is 12.3 Å². The van der Waals surface area contributed by atoms with Gasteiger partial charge in [0.15, 0.2) is 11.9 Å². The predicted molar refractivity (Wildman–Crippen MR) is 77.7 cm³/mol. The van der Waals surface area contributed by atoms with Crippen LogP contribution in [0, 0.1) is 24.2 Å². The Morgan fingerprint density at radius 2 is 2.18 bits per heavy atom. The fourth-order valence-corrected chi connectivity index (χ4v) is 3.91. The van der Waals surface area contributed by atoms with E-state index < -0.39 is 17.5 Å². The molecule has 0 radical (unpaired) electrons. The molecule has 5 heteroatoms. The Morgan fingerprint density at radius 1 is 1.50 bits per heavy atom. The molecule has 5 atom stereocenters.